The fourth-order valence-corrected chi connectivity index (χ4v) is 6.05. The van der Waals surface area contributed by atoms with Crippen molar-refractivity contribution < 1.29 is 13.2 Å². The highest BCUT2D eigenvalue weighted by atomic mass is 32.2. The molecule has 36 heavy (non-hydrogen) atoms. The number of unbranched alkanes of at least 4 members (excludes halogenated alkanes) is 4. The standard InChI is InChI=1S/C29H28N2O4S/c32-28-24-17-9-8-16-23(24)27-26(28)22-15-7-10-18-25(22)29(33)31(27)20-12-3-1-2-11-19-30-36(34,35)21-13-5-4-6-14-21/h4-10,13-18,30H,1-3,11-12,19-20H2. The van der Waals surface area contributed by atoms with Gasteiger partial charge in [-0.15, -0.1) is 0 Å². The zero-order chi connectivity index (χ0) is 25.1. The van der Waals surface area contributed by atoms with Crippen molar-refractivity contribution in [3.8, 4) is 11.3 Å². The lowest BCUT2D eigenvalue weighted by Gasteiger charge is -2.15. The molecular formula is C29H28N2O4S. The fourth-order valence-electron chi connectivity index (χ4n) is 4.96. The molecule has 7 heteroatoms. The summed E-state index contributed by atoms with van der Waals surface area (Å²) in [7, 11) is -3.47. The van der Waals surface area contributed by atoms with E-state index in [-0.39, 0.29) is 16.2 Å². The maximum Gasteiger partial charge on any atom is 0.258 e. The topological polar surface area (TPSA) is 85.2 Å². The minimum absolute atomic E-state index is 0.0245. The number of carbonyl (C=O) groups excluding carboxylic acids is 1. The zero-order valence-electron chi connectivity index (χ0n) is 19.9. The summed E-state index contributed by atoms with van der Waals surface area (Å²) in [5.41, 5.74) is 2.76. The minimum atomic E-state index is -3.47. The molecule has 4 aromatic rings. The molecule has 0 radical (unpaired) electrons. The molecule has 1 aliphatic rings. The maximum absolute atomic E-state index is 13.4. The van der Waals surface area contributed by atoms with Crippen LogP contribution in [0.5, 0.6) is 0 Å². The second-order valence-corrected chi connectivity index (χ2v) is 10.8. The molecule has 0 unspecified atom stereocenters. The summed E-state index contributed by atoms with van der Waals surface area (Å²) in [6.45, 7) is 0.933. The molecule has 184 valence electrons. The van der Waals surface area contributed by atoms with E-state index in [1.807, 2.05) is 42.5 Å². The van der Waals surface area contributed by atoms with Crippen LogP contribution >= 0.6 is 0 Å². The minimum Gasteiger partial charge on any atom is -0.307 e. The lowest BCUT2D eigenvalue weighted by molar-refractivity contribution is 0.104. The predicted octanol–water partition coefficient (Wildman–Crippen LogP) is 5.14. The Labute approximate surface area is 210 Å². The summed E-state index contributed by atoms with van der Waals surface area (Å²) in [4.78, 5) is 26.9. The molecule has 0 atom stereocenters. The number of fused-ring (bicyclic) bond motifs is 5. The lowest BCUT2D eigenvalue weighted by Crippen LogP contribution is -2.24. The third kappa shape index (κ3) is 4.52. The van der Waals surface area contributed by atoms with Crippen LogP contribution in [0.1, 0.15) is 48.0 Å². The molecule has 0 bridgehead atoms. The van der Waals surface area contributed by atoms with Gasteiger partial charge in [-0.25, -0.2) is 13.1 Å². The van der Waals surface area contributed by atoms with Crippen molar-refractivity contribution in [1.29, 1.82) is 0 Å². The molecule has 1 aliphatic carbocycles. The molecule has 6 nitrogen and oxygen atoms in total. The first-order chi connectivity index (χ1) is 17.5. The highest BCUT2D eigenvalue weighted by Gasteiger charge is 2.32. The summed E-state index contributed by atoms with van der Waals surface area (Å²) >= 11 is 0. The molecule has 0 amide bonds. The highest BCUT2D eigenvalue weighted by Crippen LogP contribution is 2.39. The summed E-state index contributed by atoms with van der Waals surface area (Å²) < 4.78 is 29.0. The number of pyridine rings is 1. The van der Waals surface area contributed by atoms with Gasteiger partial charge >= 0.3 is 0 Å². The summed E-state index contributed by atoms with van der Waals surface area (Å²) in [6, 6.07) is 23.2. The van der Waals surface area contributed by atoms with E-state index in [4.69, 9.17) is 0 Å². The number of carbonyl (C=O) groups is 1. The van der Waals surface area contributed by atoms with Crippen LogP contribution in [0.15, 0.2) is 88.6 Å². The van der Waals surface area contributed by atoms with E-state index in [1.165, 1.54) is 0 Å². The Morgan fingerprint density at radius 2 is 1.28 bits per heavy atom. The number of aromatic nitrogens is 1. The largest absolute Gasteiger partial charge is 0.307 e. The number of sulfonamides is 1. The number of hydrogen-bond acceptors (Lipinski definition) is 4. The van der Waals surface area contributed by atoms with E-state index in [9.17, 15) is 18.0 Å². The Morgan fingerprint density at radius 1 is 0.667 bits per heavy atom. The SMILES string of the molecule is O=C1c2ccccc2-c2c1c1ccccc1c(=O)n2CCCCCCCNS(=O)(=O)c1ccccc1. The van der Waals surface area contributed by atoms with Crippen LogP contribution in [0.3, 0.4) is 0 Å². The Balaban J connectivity index is 1.22. The van der Waals surface area contributed by atoms with Gasteiger partial charge in [-0.3, -0.25) is 9.59 Å². The Hall–Kier alpha value is -3.55. The molecule has 0 saturated heterocycles. The zero-order valence-corrected chi connectivity index (χ0v) is 20.8. The quantitative estimate of drug-likeness (QED) is 0.269. The Kier molecular flexibility index (Phi) is 6.85. The summed E-state index contributed by atoms with van der Waals surface area (Å²) in [6.07, 6.45) is 4.29. The van der Waals surface area contributed by atoms with Crippen molar-refractivity contribution in [2.24, 2.45) is 0 Å². The molecule has 0 spiro atoms. The normalized spacial score (nSPS) is 12.6. The van der Waals surface area contributed by atoms with E-state index < -0.39 is 10.0 Å². The number of nitrogens with zero attached hydrogens (tertiary/aromatic N) is 1. The molecule has 1 heterocycles. The van der Waals surface area contributed by atoms with Crippen LogP contribution in [0.2, 0.25) is 0 Å². The molecule has 1 aromatic heterocycles. The first-order valence-electron chi connectivity index (χ1n) is 12.3. The van der Waals surface area contributed by atoms with Crippen LogP contribution in [0.4, 0.5) is 0 Å². The molecule has 3 aromatic carbocycles. The predicted molar refractivity (Wildman–Crippen MR) is 142 cm³/mol. The average molecular weight is 501 g/mol. The van der Waals surface area contributed by atoms with Gasteiger partial charge in [0, 0.05) is 35.0 Å². The van der Waals surface area contributed by atoms with Gasteiger partial charge in [0.1, 0.15) is 0 Å². The van der Waals surface area contributed by atoms with Crippen molar-refractivity contribution in [3.05, 3.63) is 100 Å². The van der Waals surface area contributed by atoms with Crippen LogP contribution in [0.25, 0.3) is 22.0 Å². The molecule has 0 aliphatic heterocycles. The third-order valence-corrected chi connectivity index (χ3v) is 8.21. The average Bonchev–Trinajstić information content (AvgIpc) is 3.20. The second kappa shape index (κ2) is 10.2. The molecule has 0 saturated carbocycles. The smallest absolute Gasteiger partial charge is 0.258 e. The van der Waals surface area contributed by atoms with Crippen molar-refractivity contribution in [2.45, 2.75) is 43.5 Å². The monoisotopic (exact) mass is 500 g/mol. The van der Waals surface area contributed by atoms with Gasteiger partial charge in [-0.05, 0) is 31.0 Å². The molecule has 0 fully saturated rings. The molecule has 5 rings (SSSR count). The Bertz CT molecular complexity index is 1590. The van der Waals surface area contributed by atoms with E-state index in [2.05, 4.69) is 4.72 Å². The number of hydrogen-bond donors (Lipinski definition) is 1. The van der Waals surface area contributed by atoms with Crippen LogP contribution < -0.4 is 10.3 Å². The van der Waals surface area contributed by atoms with Crippen molar-refractivity contribution >= 4 is 26.6 Å². The maximum atomic E-state index is 13.4. The third-order valence-electron chi connectivity index (χ3n) is 6.74. The highest BCUT2D eigenvalue weighted by molar-refractivity contribution is 7.89. The second-order valence-electron chi connectivity index (χ2n) is 9.08. The van der Waals surface area contributed by atoms with Gasteiger partial charge in [0.05, 0.1) is 16.2 Å². The van der Waals surface area contributed by atoms with Gasteiger partial charge in [0.25, 0.3) is 5.56 Å². The number of benzene rings is 3. The van der Waals surface area contributed by atoms with Gasteiger partial charge in [0.2, 0.25) is 10.0 Å². The fraction of sp³-hybridized carbons (Fsp3) is 0.241. The van der Waals surface area contributed by atoms with Crippen LogP contribution in [-0.2, 0) is 16.6 Å². The number of rotatable bonds is 10. The number of ketones is 1. The summed E-state index contributed by atoms with van der Waals surface area (Å²) in [5.74, 6) is -0.0245. The molecule has 1 N–H and O–H groups in total. The van der Waals surface area contributed by atoms with Crippen molar-refractivity contribution in [3.63, 3.8) is 0 Å². The Morgan fingerprint density at radius 3 is 2.06 bits per heavy atom. The van der Waals surface area contributed by atoms with Crippen LogP contribution in [0, 0.1) is 0 Å². The first kappa shape index (κ1) is 24.2. The van der Waals surface area contributed by atoms with E-state index in [0.717, 1.165) is 43.4 Å². The van der Waals surface area contributed by atoms with Crippen LogP contribution in [-0.4, -0.2) is 25.3 Å². The van der Waals surface area contributed by atoms with Gasteiger partial charge in [-0.1, -0.05) is 79.9 Å². The van der Waals surface area contributed by atoms with E-state index in [0.29, 0.717) is 35.0 Å². The van der Waals surface area contributed by atoms with Crippen molar-refractivity contribution in [1.82, 2.24) is 9.29 Å². The lowest BCUT2D eigenvalue weighted by atomic mass is 10.0. The van der Waals surface area contributed by atoms with E-state index >= 15 is 0 Å². The van der Waals surface area contributed by atoms with Crippen molar-refractivity contribution in [2.75, 3.05) is 6.54 Å². The van der Waals surface area contributed by atoms with Gasteiger partial charge in [-0.2, -0.15) is 0 Å². The van der Waals surface area contributed by atoms with Gasteiger partial charge < -0.3 is 4.57 Å². The first-order valence-corrected chi connectivity index (χ1v) is 13.8. The van der Waals surface area contributed by atoms with Gasteiger partial charge in [0.15, 0.2) is 5.78 Å². The van der Waals surface area contributed by atoms with E-state index in [1.54, 1.807) is 41.0 Å². The molecular weight excluding hydrogens is 472 g/mol. The summed E-state index contributed by atoms with van der Waals surface area (Å²) in [5, 5.41) is 1.29. The number of nitrogens with one attached hydrogen (secondary N) is 1.